The monoisotopic (exact) mass is 355 g/mol. The highest BCUT2D eigenvalue weighted by atomic mass is 79.9. The van der Waals surface area contributed by atoms with E-state index in [9.17, 15) is 0 Å². The summed E-state index contributed by atoms with van der Waals surface area (Å²) in [5.74, 6) is 0.528. The van der Waals surface area contributed by atoms with Crippen molar-refractivity contribution >= 4 is 50.6 Å². The van der Waals surface area contributed by atoms with Crippen molar-refractivity contribution in [3.05, 3.63) is 51.0 Å². The van der Waals surface area contributed by atoms with Gasteiger partial charge in [0.25, 0.3) is 0 Å². The number of nitrogen functional groups attached to an aromatic ring is 1. The second kappa shape index (κ2) is 4.71. The van der Waals surface area contributed by atoms with Gasteiger partial charge in [-0.15, -0.1) is 0 Å². The number of nitrogens with zero attached hydrogens (tertiary/aromatic N) is 2. The van der Waals surface area contributed by atoms with Crippen LogP contribution in [0.4, 0.5) is 5.82 Å². The van der Waals surface area contributed by atoms with E-state index < -0.39 is 0 Å². The Bertz CT molecular complexity index is 783. The molecular weight excluding hydrogens is 349 g/mol. The van der Waals surface area contributed by atoms with E-state index in [-0.39, 0.29) is 0 Å². The summed E-state index contributed by atoms with van der Waals surface area (Å²) < 4.78 is 2.73. The summed E-state index contributed by atoms with van der Waals surface area (Å²) >= 11 is 15.6. The summed E-state index contributed by atoms with van der Waals surface area (Å²) in [6.07, 6.45) is 1.86. The van der Waals surface area contributed by atoms with Crippen molar-refractivity contribution in [3.8, 4) is 11.3 Å². The van der Waals surface area contributed by atoms with Crippen LogP contribution in [-0.4, -0.2) is 9.38 Å². The lowest BCUT2D eigenvalue weighted by Gasteiger charge is -2.03. The van der Waals surface area contributed by atoms with Crippen LogP contribution >= 0.6 is 39.1 Å². The molecule has 0 fully saturated rings. The number of pyridine rings is 1. The molecule has 19 heavy (non-hydrogen) atoms. The molecule has 0 bridgehead atoms. The van der Waals surface area contributed by atoms with Gasteiger partial charge in [0, 0.05) is 16.2 Å². The molecule has 0 aliphatic rings. The van der Waals surface area contributed by atoms with Crippen LogP contribution in [0.3, 0.4) is 0 Å². The number of fused-ring (bicyclic) bond motifs is 1. The molecule has 1 aromatic carbocycles. The van der Waals surface area contributed by atoms with E-state index in [1.54, 1.807) is 10.5 Å². The van der Waals surface area contributed by atoms with Gasteiger partial charge >= 0.3 is 0 Å². The first kappa shape index (κ1) is 12.8. The first-order chi connectivity index (χ1) is 9.08. The number of imidazole rings is 1. The molecule has 2 N–H and O–H groups in total. The number of hydrogen-bond donors (Lipinski definition) is 1. The summed E-state index contributed by atoms with van der Waals surface area (Å²) in [6.45, 7) is 0. The minimum absolute atomic E-state index is 0.457. The number of benzene rings is 1. The van der Waals surface area contributed by atoms with Gasteiger partial charge in [-0.1, -0.05) is 35.3 Å². The molecule has 0 spiro atoms. The fourth-order valence-electron chi connectivity index (χ4n) is 1.92. The maximum atomic E-state index is 6.21. The van der Waals surface area contributed by atoms with Gasteiger partial charge in [-0.2, -0.15) is 0 Å². The molecule has 0 saturated carbocycles. The van der Waals surface area contributed by atoms with Gasteiger partial charge in [0.15, 0.2) is 0 Å². The predicted molar refractivity (Wildman–Crippen MR) is 82.8 cm³/mol. The maximum Gasteiger partial charge on any atom is 0.139 e. The lowest BCUT2D eigenvalue weighted by Crippen LogP contribution is -1.94. The zero-order valence-corrected chi connectivity index (χ0v) is 12.7. The first-order valence-electron chi connectivity index (χ1n) is 5.45. The van der Waals surface area contributed by atoms with Crippen LogP contribution in [-0.2, 0) is 0 Å². The molecule has 6 heteroatoms. The predicted octanol–water partition coefficient (Wildman–Crippen LogP) is 4.65. The third kappa shape index (κ3) is 2.10. The van der Waals surface area contributed by atoms with E-state index in [1.807, 2.05) is 30.5 Å². The van der Waals surface area contributed by atoms with Gasteiger partial charge in [0.1, 0.15) is 17.2 Å². The van der Waals surface area contributed by atoms with E-state index in [4.69, 9.17) is 28.9 Å². The highest BCUT2D eigenvalue weighted by molar-refractivity contribution is 9.10. The molecular formula is C13H8BrCl2N3. The van der Waals surface area contributed by atoms with Crippen LogP contribution in [0.25, 0.3) is 16.9 Å². The molecule has 0 unspecified atom stereocenters. The quantitative estimate of drug-likeness (QED) is 0.689. The van der Waals surface area contributed by atoms with Crippen molar-refractivity contribution in [2.45, 2.75) is 0 Å². The first-order valence-corrected chi connectivity index (χ1v) is 7.00. The summed E-state index contributed by atoms with van der Waals surface area (Å²) in [7, 11) is 0. The Morgan fingerprint density at radius 1 is 1.16 bits per heavy atom. The largest absolute Gasteiger partial charge is 0.383 e. The lowest BCUT2D eigenvalue weighted by molar-refractivity contribution is 1.18. The number of hydrogen-bond acceptors (Lipinski definition) is 2. The van der Waals surface area contributed by atoms with Crippen molar-refractivity contribution in [1.29, 1.82) is 0 Å². The van der Waals surface area contributed by atoms with Crippen molar-refractivity contribution < 1.29 is 0 Å². The zero-order valence-electron chi connectivity index (χ0n) is 9.57. The number of rotatable bonds is 1. The Morgan fingerprint density at radius 3 is 2.74 bits per heavy atom. The number of nitrogens with two attached hydrogens (primary N) is 1. The Labute approximate surface area is 128 Å². The van der Waals surface area contributed by atoms with Gasteiger partial charge in [-0.05, 0) is 34.1 Å². The normalized spacial score (nSPS) is 11.1. The molecule has 0 amide bonds. The van der Waals surface area contributed by atoms with Crippen molar-refractivity contribution in [3.63, 3.8) is 0 Å². The van der Waals surface area contributed by atoms with Gasteiger partial charge in [0.05, 0.1) is 10.0 Å². The van der Waals surface area contributed by atoms with Gasteiger partial charge in [-0.3, -0.25) is 4.40 Å². The van der Waals surface area contributed by atoms with Crippen LogP contribution in [0.5, 0.6) is 0 Å². The molecule has 96 valence electrons. The van der Waals surface area contributed by atoms with E-state index in [1.165, 1.54) is 0 Å². The average molecular weight is 357 g/mol. The van der Waals surface area contributed by atoms with Crippen molar-refractivity contribution in [2.24, 2.45) is 0 Å². The SMILES string of the molecule is Nc1c(-c2cccc(Cl)c2Cl)nc2ccc(Br)cn12. The summed E-state index contributed by atoms with van der Waals surface area (Å²) in [4.78, 5) is 4.50. The van der Waals surface area contributed by atoms with Crippen molar-refractivity contribution in [2.75, 3.05) is 5.73 Å². The molecule has 0 aliphatic heterocycles. The molecule has 0 radical (unpaired) electrons. The summed E-state index contributed by atoms with van der Waals surface area (Å²) in [6, 6.07) is 9.19. The molecule has 2 aromatic heterocycles. The fourth-order valence-corrected chi connectivity index (χ4v) is 2.65. The molecule has 2 heterocycles. The highest BCUT2D eigenvalue weighted by Gasteiger charge is 2.15. The third-order valence-corrected chi connectivity index (χ3v) is 4.11. The topological polar surface area (TPSA) is 43.3 Å². The number of halogens is 3. The van der Waals surface area contributed by atoms with Gasteiger partial charge in [0.2, 0.25) is 0 Å². The molecule has 3 aromatic rings. The Kier molecular flexibility index (Phi) is 3.17. The van der Waals surface area contributed by atoms with E-state index in [2.05, 4.69) is 20.9 Å². The minimum Gasteiger partial charge on any atom is -0.383 e. The highest BCUT2D eigenvalue weighted by Crippen LogP contribution is 2.36. The van der Waals surface area contributed by atoms with Crippen LogP contribution in [0.15, 0.2) is 41.0 Å². The minimum atomic E-state index is 0.457. The number of anilines is 1. The summed E-state index contributed by atoms with van der Waals surface area (Å²) in [5, 5.41) is 0.940. The van der Waals surface area contributed by atoms with Crippen LogP contribution in [0.2, 0.25) is 10.0 Å². The smallest absolute Gasteiger partial charge is 0.139 e. The Hall–Kier alpha value is -1.23. The van der Waals surface area contributed by atoms with E-state index in [0.29, 0.717) is 21.6 Å². The molecule has 3 nitrogen and oxygen atoms in total. The van der Waals surface area contributed by atoms with Gasteiger partial charge in [-0.25, -0.2) is 4.98 Å². The van der Waals surface area contributed by atoms with Crippen LogP contribution < -0.4 is 5.73 Å². The van der Waals surface area contributed by atoms with E-state index >= 15 is 0 Å². The van der Waals surface area contributed by atoms with Crippen LogP contribution in [0, 0.1) is 0 Å². The standard InChI is InChI=1S/C13H8BrCl2N3/c14-7-4-5-10-18-12(13(17)19(10)6-7)8-2-1-3-9(15)11(8)16/h1-6H,17H2. The van der Waals surface area contributed by atoms with Gasteiger partial charge < -0.3 is 5.73 Å². The summed E-state index contributed by atoms with van der Waals surface area (Å²) in [5.41, 5.74) is 8.25. The third-order valence-electron chi connectivity index (χ3n) is 2.83. The fraction of sp³-hybridized carbons (Fsp3) is 0. The molecule has 3 rings (SSSR count). The molecule has 0 atom stereocenters. The second-order valence-electron chi connectivity index (χ2n) is 4.02. The molecule has 0 aliphatic carbocycles. The zero-order chi connectivity index (χ0) is 13.6. The average Bonchev–Trinajstić information content (AvgIpc) is 2.70. The second-order valence-corrected chi connectivity index (χ2v) is 5.72. The maximum absolute atomic E-state index is 6.21. The Balaban J connectivity index is 2.31. The molecule has 0 saturated heterocycles. The van der Waals surface area contributed by atoms with Crippen molar-refractivity contribution in [1.82, 2.24) is 9.38 Å². The van der Waals surface area contributed by atoms with E-state index in [0.717, 1.165) is 15.7 Å². The lowest BCUT2D eigenvalue weighted by atomic mass is 10.1. The number of aromatic nitrogens is 2. The Morgan fingerprint density at radius 2 is 1.95 bits per heavy atom. The van der Waals surface area contributed by atoms with Crippen LogP contribution in [0.1, 0.15) is 0 Å².